The van der Waals surface area contributed by atoms with Crippen LogP contribution in [0.1, 0.15) is 5.69 Å². The van der Waals surface area contributed by atoms with Crippen LogP contribution in [0, 0.1) is 0 Å². The highest BCUT2D eigenvalue weighted by Crippen LogP contribution is 2.22. The number of halogens is 2. The van der Waals surface area contributed by atoms with Crippen molar-refractivity contribution in [2.45, 2.75) is 11.4 Å². The van der Waals surface area contributed by atoms with Crippen molar-refractivity contribution in [3.05, 3.63) is 38.5 Å². The topological polar surface area (TPSA) is 72.0 Å². The molecule has 18 heavy (non-hydrogen) atoms. The van der Waals surface area contributed by atoms with E-state index in [9.17, 15) is 8.42 Å². The van der Waals surface area contributed by atoms with E-state index in [4.69, 9.17) is 11.6 Å². The maximum absolute atomic E-state index is 12.0. The molecule has 5 nitrogen and oxygen atoms in total. The fraction of sp³-hybridized carbons (Fsp3) is 0.111. The van der Waals surface area contributed by atoms with E-state index in [0.29, 0.717) is 10.2 Å². The number of sulfonamides is 1. The minimum Gasteiger partial charge on any atom is -0.248 e. The van der Waals surface area contributed by atoms with E-state index in [1.807, 2.05) is 0 Å². The predicted octanol–water partition coefficient (Wildman–Crippen LogP) is 2.43. The summed E-state index contributed by atoms with van der Waals surface area (Å²) in [6.45, 7) is 0.120. The highest BCUT2D eigenvalue weighted by molar-refractivity contribution is 9.10. The summed E-state index contributed by atoms with van der Waals surface area (Å²) < 4.78 is 27.0. The molecule has 2 aromatic heterocycles. The molecule has 0 bridgehead atoms. The van der Waals surface area contributed by atoms with Crippen LogP contribution in [0.3, 0.4) is 0 Å². The van der Waals surface area contributed by atoms with E-state index in [1.165, 1.54) is 23.6 Å². The van der Waals surface area contributed by atoms with Gasteiger partial charge < -0.3 is 0 Å². The van der Waals surface area contributed by atoms with Crippen LogP contribution in [0.15, 0.2) is 32.5 Å². The molecule has 0 radical (unpaired) electrons. The number of hydrogen-bond donors (Lipinski definition) is 1. The van der Waals surface area contributed by atoms with E-state index >= 15 is 0 Å². The van der Waals surface area contributed by atoms with Crippen LogP contribution in [-0.4, -0.2) is 18.4 Å². The lowest BCUT2D eigenvalue weighted by molar-refractivity contribution is 0.580. The molecule has 0 aliphatic rings. The van der Waals surface area contributed by atoms with Crippen LogP contribution in [0.4, 0.5) is 0 Å². The van der Waals surface area contributed by atoms with E-state index in [2.05, 4.69) is 30.6 Å². The Morgan fingerprint density at radius 2 is 2.22 bits per heavy atom. The van der Waals surface area contributed by atoms with Crippen molar-refractivity contribution in [3.8, 4) is 0 Å². The van der Waals surface area contributed by atoms with Gasteiger partial charge in [0.05, 0.1) is 17.7 Å². The Balaban J connectivity index is 2.22. The average Bonchev–Trinajstić information content (AvgIpc) is 2.83. The highest BCUT2D eigenvalue weighted by Gasteiger charge is 2.19. The second-order valence-electron chi connectivity index (χ2n) is 3.25. The largest absolute Gasteiger partial charge is 0.248 e. The third-order valence-corrected chi connectivity index (χ3v) is 4.89. The minimum atomic E-state index is -3.70. The third-order valence-electron chi connectivity index (χ3n) is 1.99. The molecule has 0 aliphatic carbocycles. The molecule has 0 amide bonds. The zero-order chi connectivity index (χ0) is 13.2. The first-order valence-electron chi connectivity index (χ1n) is 4.67. The first kappa shape index (κ1) is 13.9. The zero-order valence-corrected chi connectivity index (χ0v) is 12.8. The molecule has 1 N–H and O–H groups in total. The fourth-order valence-corrected chi connectivity index (χ4v) is 3.66. The molecule has 2 aromatic rings. The molecule has 0 aromatic carbocycles. The van der Waals surface area contributed by atoms with Crippen molar-refractivity contribution in [2.75, 3.05) is 0 Å². The van der Waals surface area contributed by atoms with Gasteiger partial charge in [0.2, 0.25) is 10.0 Å². The molecule has 0 fully saturated rings. The third kappa shape index (κ3) is 3.27. The number of nitrogens with one attached hydrogen (secondary N) is 1. The Kier molecular flexibility index (Phi) is 4.33. The number of aromatic nitrogens is 2. The Hall–Kier alpha value is -0.540. The van der Waals surface area contributed by atoms with Crippen LogP contribution in [0.5, 0.6) is 0 Å². The summed E-state index contributed by atoms with van der Waals surface area (Å²) in [5.41, 5.74) is 2.29. The fourth-order valence-electron chi connectivity index (χ4n) is 1.16. The van der Waals surface area contributed by atoms with Crippen molar-refractivity contribution in [1.29, 1.82) is 0 Å². The van der Waals surface area contributed by atoms with Gasteiger partial charge in [-0.15, -0.1) is 11.3 Å². The Morgan fingerprint density at radius 3 is 2.89 bits per heavy atom. The molecule has 0 spiro atoms. The van der Waals surface area contributed by atoms with Crippen molar-refractivity contribution in [1.82, 2.24) is 14.7 Å². The molecule has 2 heterocycles. The van der Waals surface area contributed by atoms with Crippen LogP contribution < -0.4 is 4.72 Å². The van der Waals surface area contributed by atoms with Crippen LogP contribution in [0.2, 0.25) is 5.15 Å². The number of rotatable bonds is 4. The summed E-state index contributed by atoms with van der Waals surface area (Å²) in [4.78, 5) is 7.70. The van der Waals surface area contributed by atoms with Gasteiger partial charge in [-0.1, -0.05) is 11.6 Å². The SMILES string of the molecule is O=S(=O)(NCc1cscn1)c1cc(Br)cnc1Cl. The summed E-state index contributed by atoms with van der Waals surface area (Å²) in [6, 6.07) is 1.40. The maximum atomic E-state index is 12.0. The van der Waals surface area contributed by atoms with Gasteiger partial charge in [-0.25, -0.2) is 23.1 Å². The Bertz CT molecular complexity index is 646. The molecule has 0 unspecified atom stereocenters. The van der Waals surface area contributed by atoms with Gasteiger partial charge in [0.1, 0.15) is 10.0 Å². The molecule has 9 heteroatoms. The van der Waals surface area contributed by atoms with Gasteiger partial charge in [0.15, 0.2) is 0 Å². The van der Waals surface area contributed by atoms with Gasteiger partial charge in [-0.2, -0.15) is 0 Å². The average molecular weight is 369 g/mol. The predicted molar refractivity (Wildman–Crippen MR) is 73.1 cm³/mol. The normalized spacial score (nSPS) is 11.7. The lowest BCUT2D eigenvalue weighted by Gasteiger charge is -2.06. The van der Waals surface area contributed by atoms with E-state index in [-0.39, 0.29) is 16.6 Å². The van der Waals surface area contributed by atoms with Gasteiger partial charge >= 0.3 is 0 Å². The van der Waals surface area contributed by atoms with Crippen molar-refractivity contribution in [3.63, 3.8) is 0 Å². The lowest BCUT2D eigenvalue weighted by Crippen LogP contribution is -2.24. The van der Waals surface area contributed by atoms with Gasteiger partial charge in [0, 0.05) is 16.0 Å². The number of nitrogens with zero attached hydrogens (tertiary/aromatic N) is 2. The smallest absolute Gasteiger partial charge is 0.244 e. The molecular formula is C9H7BrClN3O2S2. The van der Waals surface area contributed by atoms with E-state index in [1.54, 1.807) is 10.9 Å². The summed E-state index contributed by atoms with van der Waals surface area (Å²) in [5, 5.41) is 1.70. The Morgan fingerprint density at radius 1 is 1.44 bits per heavy atom. The second-order valence-corrected chi connectivity index (χ2v) is 6.97. The second kappa shape index (κ2) is 5.62. The zero-order valence-electron chi connectivity index (χ0n) is 8.80. The van der Waals surface area contributed by atoms with Crippen LogP contribution >= 0.6 is 38.9 Å². The summed E-state index contributed by atoms with van der Waals surface area (Å²) in [7, 11) is -3.70. The minimum absolute atomic E-state index is 0.0613. The summed E-state index contributed by atoms with van der Waals surface area (Å²) in [6.07, 6.45) is 1.43. The van der Waals surface area contributed by atoms with Crippen LogP contribution in [0.25, 0.3) is 0 Å². The molecule has 2 rings (SSSR count). The first-order valence-corrected chi connectivity index (χ1v) is 8.26. The monoisotopic (exact) mass is 367 g/mol. The first-order chi connectivity index (χ1) is 8.49. The standard InChI is InChI=1S/C9H7BrClN3O2S2/c10-6-1-8(9(11)12-2-6)18(15,16)14-3-7-4-17-5-13-7/h1-2,4-5,14H,3H2. The van der Waals surface area contributed by atoms with Crippen LogP contribution in [-0.2, 0) is 16.6 Å². The number of thiazole rings is 1. The summed E-state index contributed by atoms with van der Waals surface area (Å²) >= 11 is 10.3. The van der Waals surface area contributed by atoms with Crippen molar-refractivity contribution < 1.29 is 8.42 Å². The van der Waals surface area contributed by atoms with Crippen molar-refractivity contribution >= 4 is 48.9 Å². The quantitative estimate of drug-likeness (QED) is 0.841. The van der Waals surface area contributed by atoms with Gasteiger partial charge in [-0.05, 0) is 22.0 Å². The maximum Gasteiger partial charge on any atom is 0.244 e. The molecule has 0 atom stereocenters. The highest BCUT2D eigenvalue weighted by atomic mass is 79.9. The molecule has 96 valence electrons. The molecular weight excluding hydrogens is 362 g/mol. The Labute approximate surface area is 121 Å². The molecule has 0 saturated heterocycles. The van der Waals surface area contributed by atoms with E-state index in [0.717, 1.165) is 0 Å². The van der Waals surface area contributed by atoms with Gasteiger partial charge in [0.25, 0.3) is 0 Å². The molecule has 0 saturated carbocycles. The summed E-state index contributed by atoms with van der Waals surface area (Å²) in [5.74, 6) is 0. The number of hydrogen-bond acceptors (Lipinski definition) is 5. The lowest BCUT2D eigenvalue weighted by atomic mass is 10.5. The molecule has 0 aliphatic heterocycles. The van der Waals surface area contributed by atoms with Gasteiger partial charge in [-0.3, -0.25) is 0 Å². The van der Waals surface area contributed by atoms with E-state index < -0.39 is 10.0 Å². The van der Waals surface area contributed by atoms with Crippen molar-refractivity contribution in [2.24, 2.45) is 0 Å². The number of pyridine rings is 1.